The van der Waals surface area contributed by atoms with E-state index in [2.05, 4.69) is 26.7 Å². The lowest BCUT2D eigenvalue weighted by atomic mass is 10.2. The van der Waals surface area contributed by atoms with Gasteiger partial charge in [-0.05, 0) is 54.9 Å². The first-order valence-corrected chi connectivity index (χ1v) is 11.4. The van der Waals surface area contributed by atoms with Crippen LogP contribution in [0.3, 0.4) is 0 Å². The fourth-order valence-electron chi connectivity index (χ4n) is 3.45. The molecule has 1 saturated heterocycles. The Morgan fingerprint density at radius 3 is 2.45 bits per heavy atom. The van der Waals surface area contributed by atoms with Gasteiger partial charge in [0.25, 0.3) is 0 Å². The van der Waals surface area contributed by atoms with Gasteiger partial charge in [0.15, 0.2) is 0 Å². The highest BCUT2D eigenvalue weighted by Gasteiger charge is 2.17. The molecule has 8 heteroatoms. The summed E-state index contributed by atoms with van der Waals surface area (Å²) in [4.78, 5) is 4.69. The van der Waals surface area contributed by atoms with Crippen molar-refractivity contribution in [3.8, 4) is 5.75 Å². The SMILES string of the molecule is COc1ccc(N2CCN(CCCNS(=O)(=O)Cc3cccc(F)c3)CC2)cc1. The Kier molecular flexibility index (Phi) is 7.46. The Bertz CT molecular complexity index is 882. The van der Waals surface area contributed by atoms with E-state index >= 15 is 0 Å². The Labute approximate surface area is 172 Å². The third kappa shape index (κ3) is 6.69. The molecule has 1 heterocycles. The Morgan fingerprint density at radius 1 is 1.07 bits per heavy atom. The highest BCUT2D eigenvalue weighted by molar-refractivity contribution is 7.88. The lowest BCUT2D eigenvalue weighted by Crippen LogP contribution is -2.47. The second-order valence-electron chi connectivity index (χ2n) is 7.16. The van der Waals surface area contributed by atoms with Gasteiger partial charge in [-0.3, -0.25) is 4.90 Å². The summed E-state index contributed by atoms with van der Waals surface area (Å²) in [5.74, 6) is 0.226. The van der Waals surface area contributed by atoms with Gasteiger partial charge in [-0.1, -0.05) is 12.1 Å². The minimum absolute atomic E-state index is 0.203. The van der Waals surface area contributed by atoms with Crippen LogP contribution in [0, 0.1) is 5.82 Å². The highest BCUT2D eigenvalue weighted by Crippen LogP contribution is 2.20. The average molecular weight is 422 g/mol. The molecule has 6 nitrogen and oxygen atoms in total. The van der Waals surface area contributed by atoms with E-state index in [-0.39, 0.29) is 5.75 Å². The smallest absolute Gasteiger partial charge is 0.215 e. The van der Waals surface area contributed by atoms with Crippen LogP contribution >= 0.6 is 0 Å². The van der Waals surface area contributed by atoms with E-state index < -0.39 is 15.8 Å². The highest BCUT2D eigenvalue weighted by atomic mass is 32.2. The predicted octanol–water partition coefficient (Wildman–Crippen LogP) is 2.47. The van der Waals surface area contributed by atoms with Gasteiger partial charge in [-0.2, -0.15) is 0 Å². The zero-order valence-corrected chi connectivity index (χ0v) is 17.5. The van der Waals surface area contributed by atoms with E-state index in [1.165, 1.54) is 23.9 Å². The zero-order chi connectivity index (χ0) is 20.7. The number of anilines is 1. The summed E-state index contributed by atoms with van der Waals surface area (Å²) in [5.41, 5.74) is 1.64. The van der Waals surface area contributed by atoms with E-state index in [4.69, 9.17) is 4.74 Å². The van der Waals surface area contributed by atoms with Crippen molar-refractivity contribution in [3.05, 3.63) is 59.9 Å². The van der Waals surface area contributed by atoms with Gasteiger partial charge in [0.05, 0.1) is 12.9 Å². The first-order chi connectivity index (χ1) is 13.9. The number of nitrogens with one attached hydrogen (secondary N) is 1. The van der Waals surface area contributed by atoms with Crippen molar-refractivity contribution in [2.45, 2.75) is 12.2 Å². The van der Waals surface area contributed by atoms with Gasteiger partial charge in [0.1, 0.15) is 11.6 Å². The Hall–Kier alpha value is -2.16. The summed E-state index contributed by atoms with van der Waals surface area (Å²) in [7, 11) is -1.80. The van der Waals surface area contributed by atoms with Crippen LogP contribution in [0.5, 0.6) is 5.75 Å². The summed E-state index contributed by atoms with van der Waals surface area (Å²) in [5, 5.41) is 0. The number of hydrogen-bond acceptors (Lipinski definition) is 5. The van der Waals surface area contributed by atoms with E-state index in [0.29, 0.717) is 12.1 Å². The number of piperazine rings is 1. The Morgan fingerprint density at radius 2 is 1.79 bits per heavy atom. The average Bonchev–Trinajstić information content (AvgIpc) is 2.71. The van der Waals surface area contributed by atoms with Crippen LogP contribution in [0.4, 0.5) is 10.1 Å². The quantitative estimate of drug-likeness (QED) is 0.631. The summed E-state index contributed by atoms with van der Waals surface area (Å²) < 4.78 is 45.3. The van der Waals surface area contributed by atoms with Crippen molar-refractivity contribution in [1.82, 2.24) is 9.62 Å². The molecule has 2 aromatic carbocycles. The molecule has 0 atom stereocenters. The molecule has 1 aliphatic rings. The van der Waals surface area contributed by atoms with Gasteiger partial charge >= 0.3 is 0 Å². The maximum atomic E-state index is 13.2. The van der Waals surface area contributed by atoms with Crippen molar-refractivity contribution in [3.63, 3.8) is 0 Å². The molecule has 0 bridgehead atoms. The first-order valence-electron chi connectivity index (χ1n) is 9.78. The van der Waals surface area contributed by atoms with Crippen LogP contribution in [-0.2, 0) is 15.8 Å². The molecule has 1 aliphatic heterocycles. The zero-order valence-electron chi connectivity index (χ0n) is 16.7. The number of benzene rings is 2. The maximum Gasteiger partial charge on any atom is 0.215 e. The number of ether oxygens (including phenoxy) is 1. The molecular formula is C21H28FN3O3S. The fourth-order valence-corrected chi connectivity index (χ4v) is 4.63. The number of halogens is 1. The topological polar surface area (TPSA) is 61.9 Å². The molecule has 0 aliphatic carbocycles. The molecular weight excluding hydrogens is 393 g/mol. The second kappa shape index (κ2) is 10.0. The maximum absolute atomic E-state index is 13.2. The van der Waals surface area contributed by atoms with Crippen LogP contribution in [-0.4, -0.2) is 59.7 Å². The lowest BCUT2D eigenvalue weighted by Gasteiger charge is -2.36. The summed E-state index contributed by atoms with van der Waals surface area (Å²) in [6, 6.07) is 13.8. The van der Waals surface area contributed by atoms with Crippen molar-refractivity contribution < 1.29 is 17.5 Å². The molecule has 0 saturated carbocycles. The molecule has 1 N–H and O–H groups in total. The molecule has 0 amide bonds. The summed E-state index contributed by atoms with van der Waals surface area (Å²) in [6.45, 7) is 5.01. The van der Waals surface area contributed by atoms with Gasteiger partial charge in [0, 0.05) is 38.4 Å². The lowest BCUT2D eigenvalue weighted by molar-refractivity contribution is 0.255. The molecule has 0 unspecified atom stereocenters. The third-order valence-electron chi connectivity index (χ3n) is 5.03. The van der Waals surface area contributed by atoms with E-state index in [0.717, 1.165) is 44.9 Å². The van der Waals surface area contributed by atoms with Gasteiger partial charge in [0.2, 0.25) is 10.0 Å². The van der Waals surface area contributed by atoms with Crippen molar-refractivity contribution in [1.29, 1.82) is 0 Å². The van der Waals surface area contributed by atoms with E-state index in [1.54, 1.807) is 13.2 Å². The molecule has 0 spiro atoms. The van der Waals surface area contributed by atoms with Crippen molar-refractivity contribution in [2.24, 2.45) is 0 Å². The standard InChI is InChI=1S/C21H28FN3O3S/c1-28-21-8-6-20(7-9-21)25-14-12-24(13-15-25)11-3-10-23-29(26,27)17-18-4-2-5-19(22)16-18/h2,4-9,16,23H,3,10-15,17H2,1H3. The monoisotopic (exact) mass is 421 g/mol. The van der Waals surface area contributed by atoms with Crippen LogP contribution in [0.2, 0.25) is 0 Å². The number of sulfonamides is 1. The van der Waals surface area contributed by atoms with Crippen molar-refractivity contribution in [2.75, 3.05) is 51.3 Å². The molecule has 2 aromatic rings. The van der Waals surface area contributed by atoms with Crippen LogP contribution in [0.25, 0.3) is 0 Å². The van der Waals surface area contributed by atoms with Crippen LogP contribution in [0.15, 0.2) is 48.5 Å². The molecule has 0 aromatic heterocycles. The van der Waals surface area contributed by atoms with Gasteiger partial charge in [-0.25, -0.2) is 17.5 Å². The minimum atomic E-state index is -3.46. The Balaban J connectivity index is 1.36. The minimum Gasteiger partial charge on any atom is -0.497 e. The number of methoxy groups -OCH3 is 1. The summed E-state index contributed by atoms with van der Waals surface area (Å²) >= 11 is 0. The molecule has 3 rings (SSSR count). The largest absolute Gasteiger partial charge is 0.497 e. The third-order valence-corrected chi connectivity index (χ3v) is 6.39. The van der Waals surface area contributed by atoms with Gasteiger partial charge in [-0.15, -0.1) is 0 Å². The molecule has 29 heavy (non-hydrogen) atoms. The first kappa shape index (κ1) is 21.5. The van der Waals surface area contributed by atoms with E-state index in [1.807, 2.05) is 12.1 Å². The molecule has 0 radical (unpaired) electrons. The van der Waals surface area contributed by atoms with Crippen LogP contribution < -0.4 is 14.4 Å². The molecule has 1 fully saturated rings. The number of hydrogen-bond donors (Lipinski definition) is 1. The van der Waals surface area contributed by atoms with Crippen molar-refractivity contribution >= 4 is 15.7 Å². The number of rotatable bonds is 9. The summed E-state index contributed by atoms with van der Waals surface area (Å²) in [6.07, 6.45) is 0.741. The molecule has 158 valence electrons. The van der Waals surface area contributed by atoms with E-state index in [9.17, 15) is 12.8 Å². The van der Waals surface area contributed by atoms with Crippen LogP contribution in [0.1, 0.15) is 12.0 Å². The second-order valence-corrected chi connectivity index (χ2v) is 8.97. The fraction of sp³-hybridized carbons (Fsp3) is 0.429. The predicted molar refractivity (Wildman–Crippen MR) is 113 cm³/mol. The normalized spacial score (nSPS) is 15.4. The number of nitrogens with zero attached hydrogens (tertiary/aromatic N) is 2. The van der Waals surface area contributed by atoms with Gasteiger partial charge < -0.3 is 9.64 Å².